The molecule has 2 N–H and O–H groups in total. The quantitative estimate of drug-likeness (QED) is 0.747. The van der Waals surface area contributed by atoms with Gasteiger partial charge in [-0.15, -0.1) is 11.8 Å². The van der Waals surface area contributed by atoms with Gasteiger partial charge in [0, 0.05) is 41.0 Å². The van der Waals surface area contributed by atoms with Crippen LogP contribution < -0.4 is 10.6 Å². The van der Waals surface area contributed by atoms with E-state index in [1.165, 1.54) is 0 Å². The molecule has 5 nitrogen and oxygen atoms in total. The van der Waals surface area contributed by atoms with E-state index in [1.54, 1.807) is 18.0 Å². The van der Waals surface area contributed by atoms with Gasteiger partial charge in [0.2, 0.25) is 0 Å². The van der Waals surface area contributed by atoms with Crippen molar-refractivity contribution in [3.8, 4) is 0 Å². The summed E-state index contributed by atoms with van der Waals surface area (Å²) in [5.74, 6) is 0. The molecule has 0 unspecified atom stereocenters. The number of carbonyl (C=O) groups excluding carboxylic acids is 1. The number of benzene rings is 1. The van der Waals surface area contributed by atoms with E-state index in [2.05, 4.69) is 29.6 Å². The first-order valence-electron chi connectivity index (χ1n) is 8.34. The zero-order valence-electron chi connectivity index (χ0n) is 14.2. The Kier molecular flexibility index (Phi) is 5.14. The van der Waals surface area contributed by atoms with E-state index in [1.807, 2.05) is 41.2 Å². The second kappa shape index (κ2) is 7.30. The average molecular weight is 344 g/mol. The summed E-state index contributed by atoms with van der Waals surface area (Å²) in [5.41, 5.74) is 1.03. The molecule has 1 aromatic carbocycles. The van der Waals surface area contributed by atoms with Gasteiger partial charge < -0.3 is 10.6 Å². The summed E-state index contributed by atoms with van der Waals surface area (Å²) in [6.45, 7) is 5.83. The third-order valence-electron chi connectivity index (χ3n) is 4.14. The van der Waals surface area contributed by atoms with Gasteiger partial charge in [-0.05, 0) is 31.0 Å². The van der Waals surface area contributed by atoms with Crippen molar-refractivity contribution >= 4 is 23.5 Å². The Morgan fingerprint density at radius 1 is 1.33 bits per heavy atom. The first kappa shape index (κ1) is 16.9. The fourth-order valence-electron chi connectivity index (χ4n) is 2.67. The Balaban J connectivity index is 1.53. The van der Waals surface area contributed by atoms with Crippen LogP contribution in [0.4, 0.5) is 10.5 Å². The molecule has 0 bridgehead atoms. The molecule has 6 heteroatoms. The predicted molar refractivity (Wildman–Crippen MR) is 98.4 cm³/mol. The van der Waals surface area contributed by atoms with Crippen molar-refractivity contribution in [2.45, 2.75) is 43.4 Å². The highest BCUT2D eigenvalue weighted by Crippen LogP contribution is 2.46. The van der Waals surface area contributed by atoms with Crippen LogP contribution in [0, 0.1) is 5.41 Å². The Bertz CT molecular complexity index is 680. The van der Waals surface area contributed by atoms with E-state index in [9.17, 15) is 4.79 Å². The van der Waals surface area contributed by atoms with Gasteiger partial charge in [-0.25, -0.2) is 4.79 Å². The van der Waals surface area contributed by atoms with Gasteiger partial charge in [-0.2, -0.15) is 5.10 Å². The Morgan fingerprint density at radius 2 is 2.12 bits per heavy atom. The zero-order chi connectivity index (χ0) is 17.0. The van der Waals surface area contributed by atoms with Gasteiger partial charge in [0.25, 0.3) is 0 Å². The number of carbonyl (C=O) groups is 1. The van der Waals surface area contributed by atoms with Crippen molar-refractivity contribution in [1.82, 2.24) is 15.1 Å². The molecule has 0 atom stereocenters. The minimum Gasteiger partial charge on any atom is -0.337 e. The molecule has 0 spiro atoms. The fourth-order valence-corrected chi connectivity index (χ4v) is 3.58. The van der Waals surface area contributed by atoms with E-state index in [0.29, 0.717) is 11.8 Å². The lowest BCUT2D eigenvalue weighted by atomic mass is 10.1. The van der Waals surface area contributed by atoms with Crippen LogP contribution in [0.1, 0.15) is 26.7 Å². The largest absolute Gasteiger partial charge is 0.337 e. The summed E-state index contributed by atoms with van der Waals surface area (Å²) in [5, 5.41) is 10.7. The first-order chi connectivity index (χ1) is 11.6. The van der Waals surface area contributed by atoms with Crippen LogP contribution in [0.5, 0.6) is 0 Å². The van der Waals surface area contributed by atoms with Crippen LogP contribution in [-0.2, 0) is 6.54 Å². The monoisotopic (exact) mass is 344 g/mol. The minimum atomic E-state index is -0.140. The minimum absolute atomic E-state index is 0.140. The van der Waals surface area contributed by atoms with Gasteiger partial charge in [0.05, 0.1) is 5.69 Å². The van der Waals surface area contributed by atoms with Crippen LogP contribution in [0.25, 0.3) is 0 Å². The summed E-state index contributed by atoms with van der Waals surface area (Å²) in [6.07, 6.45) is 6.03. The smallest absolute Gasteiger partial charge is 0.319 e. The summed E-state index contributed by atoms with van der Waals surface area (Å²) < 4.78 is 1.95. The maximum atomic E-state index is 12.3. The maximum absolute atomic E-state index is 12.3. The molecule has 2 amide bonds. The number of hydrogen-bond acceptors (Lipinski definition) is 3. The first-order valence-corrected chi connectivity index (χ1v) is 9.22. The lowest BCUT2D eigenvalue weighted by Crippen LogP contribution is -2.35. The molecular formula is C18H24N4OS. The van der Waals surface area contributed by atoms with E-state index in [4.69, 9.17) is 0 Å². The molecule has 0 saturated heterocycles. The lowest BCUT2D eigenvalue weighted by molar-refractivity contribution is 0.247. The SMILES string of the molecule is CC(C)Sc1ccccc1NC(=O)NCC1(Cn2cccn2)CC1. The number of hydrogen-bond donors (Lipinski definition) is 2. The van der Waals surface area contributed by atoms with Gasteiger partial charge in [-0.1, -0.05) is 26.0 Å². The second-order valence-electron chi connectivity index (χ2n) is 6.67. The predicted octanol–water partition coefficient (Wildman–Crippen LogP) is 3.99. The number of urea groups is 1. The number of rotatable bonds is 7. The number of aromatic nitrogens is 2. The van der Waals surface area contributed by atoms with E-state index in [-0.39, 0.29) is 11.4 Å². The van der Waals surface area contributed by atoms with Crippen LogP contribution in [0.2, 0.25) is 0 Å². The van der Waals surface area contributed by atoms with E-state index in [0.717, 1.165) is 30.0 Å². The highest BCUT2D eigenvalue weighted by Gasteiger charge is 2.43. The summed E-state index contributed by atoms with van der Waals surface area (Å²) in [7, 11) is 0. The second-order valence-corrected chi connectivity index (χ2v) is 8.29. The number of nitrogens with one attached hydrogen (secondary N) is 2. The lowest BCUT2D eigenvalue weighted by Gasteiger charge is -2.17. The summed E-state index contributed by atoms with van der Waals surface area (Å²) in [6, 6.07) is 9.72. The summed E-state index contributed by atoms with van der Waals surface area (Å²) >= 11 is 1.75. The molecule has 3 rings (SSSR count). The molecular weight excluding hydrogens is 320 g/mol. The van der Waals surface area contributed by atoms with Crippen LogP contribution in [0.3, 0.4) is 0 Å². The topological polar surface area (TPSA) is 59.0 Å². The van der Waals surface area contributed by atoms with Crippen molar-refractivity contribution in [3.63, 3.8) is 0 Å². The molecule has 1 aliphatic rings. The third-order valence-corrected chi connectivity index (χ3v) is 5.22. The fraction of sp³-hybridized carbons (Fsp3) is 0.444. The van der Waals surface area contributed by atoms with E-state index < -0.39 is 0 Å². The number of anilines is 1. The number of amides is 2. The normalized spacial score (nSPS) is 15.3. The molecule has 1 aliphatic carbocycles. The number of thioether (sulfide) groups is 1. The molecule has 2 aromatic rings. The van der Waals surface area contributed by atoms with Gasteiger partial charge in [0.15, 0.2) is 0 Å². The molecule has 1 saturated carbocycles. The highest BCUT2D eigenvalue weighted by molar-refractivity contribution is 8.00. The van der Waals surface area contributed by atoms with Gasteiger partial charge >= 0.3 is 6.03 Å². The molecule has 1 heterocycles. The van der Waals surface area contributed by atoms with Crippen molar-refractivity contribution in [1.29, 1.82) is 0 Å². The third kappa shape index (κ3) is 4.54. The van der Waals surface area contributed by atoms with Crippen LogP contribution >= 0.6 is 11.8 Å². The zero-order valence-corrected chi connectivity index (χ0v) is 15.0. The molecule has 0 aliphatic heterocycles. The Morgan fingerprint density at radius 3 is 2.79 bits per heavy atom. The Hall–Kier alpha value is -1.95. The molecule has 1 aromatic heterocycles. The van der Waals surface area contributed by atoms with Crippen LogP contribution in [-0.4, -0.2) is 27.6 Å². The average Bonchev–Trinajstić information content (AvgIpc) is 3.11. The summed E-state index contributed by atoms with van der Waals surface area (Å²) in [4.78, 5) is 13.4. The van der Waals surface area contributed by atoms with Crippen molar-refractivity contribution in [2.75, 3.05) is 11.9 Å². The van der Waals surface area contributed by atoms with Gasteiger partial charge in [-0.3, -0.25) is 4.68 Å². The van der Waals surface area contributed by atoms with Crippen molar-refractivity contribution in [2.24, 2.45) is 5.41 Å². The van der Waals surface area contributed by atoms with E-state index >= 15 is 0 Å². The molecule has 1 fully saturated rings. The number of nitrogens with zero attached hydrogens (tertiary/aromatic N) is 2. The number of para-hydroxylation sites is 1. The molecule has 24 heavy (non-hydrogen) atoms. The van der Waals surface area contributed by atoms with Gasteiger partial charge in [0.1, 0.15) is 0 Å². The molecule has 128 valence electrons. The highest BCUT2D eigenvalue weighted by atomic mass is 32.2. The maximum Gasteiger partial charge on any atom is 0.319 e. The van der Waals surface area contributed by atoms with Crippen LogP contribution in [0.15, 0.2) is 47.6 Å². The van der Waals surface area contributed by atoms with Crippen molar-refractivity contribution in [3.05, 3.63) is 42.7 Å². The molecule has 0 radical (unpaired) electrons. The Labute approximate surface area is 147 Å². The standard InChI is InChI=1S/C18H24N4OS/c1-14(2)24-16-7-4-3-6-15(16)21-17(23)19-12-18(8-9-18)13-22-11-5-10-20-22/h3-7,10-11,14H,8-9,12-13H2,1-2H3,(H2,19,21,23). The van der Waals surface area contributed by atoms with Crippen molar-refractivity contribution < 1.29 is 4.79 Å².